The van der Waals surface area contributed by atoms with Gasteiger partial charge >= 0.3 is 6.03 Å². The van der Waals surface area contributed by atoms with Crippen LogP contribution in [0.4, 0.5) is 4.79 Å². The van der Waals surface area contributed by atoms with Crippen LogP contribution in [0.2, 0.25) is 0 Å². The fraction of sp³-hybridized carbons (Fsp3) is 0.720. The maximum absolute atomic E-state index is 12.2. The van der Waals surface area contributed by atoms with Crippen LogP contribution >= 0.6 is 0 Å². The van der Waals surface area contributed by atoms with E-state index < -0.39 is 0 Å². The molecule has 2 aliphatic rings. The fourth-order valence-corrected chi connectivity index (χ4v) is 5.10. The van der Waals surface area contributed by atoms with Crippen LogP contribution in [0.25, 0.3) is 0 Å². The number of benzene rings is 1. The SMILES string of the molecule is CC(C)CN(C)[C@]1(c2ccccc2)CC[C@@](C)(CNC(=O)NCC2CCC2)CC1. The minimum absolute atomic E-state index is 0.00921. The van der Waals surface area contributed by atoms with E-state index in [0.717, 1.165) is 45.3 Å². The normalized spacial score (nSPS) is 27.7. The summed E-state index contributed by atoms with van der Waals surface area (Å²) in [6.07, 6.45) is 8.40. The van der Waals surface area contributed by atoms with Crippen LogP contribution < -0.4 is 10.6 Å². The Hall–Kier alpha value is -1.55. The molecule has 2 saturated carbocycles. The molecule has 1 aromatic carbocycles. The van der Waals surface area contributed by atoms with Crippen molar-refractivity contribution >= 4 is 6.03 Å². The molecular formula is C25H41N3O. The highest BCUT2D eigenvalue weighted by Crippen LogP contribution is 2.48. The van der Waals surface area contributed by atoms with Crippen LogP contribution in [0.3, 0.4) is 0 Å². The Morgan fingerprint density at radius 3 is 2.31 bits per heavy atom. The lowest BCUT2D eigenvalue weighted by Gasteiger charge is -2.50. The molecule has 4 nitrogen and oxygen atoms in total. The summed E-state index contributed by atoms with van der Waals surface area (Å²) in [5.41, 5.74) is 1.72. The number of hydrogen-bond donors (Lipinski definition) is 2. The lowest BCUT2D eigenvalue weighted by atomic mass is 9.65. The molecule has 2 amide bonds. The van der Waals surface area contributed by atoms with E-state index >= 15 is 0 Å². The first-order chi connectivity index (χ1) is 13.8. The van der Waals surface area contributed by atoms with Gasteiger partial charge in [-0.05, 0) is 68.4 Å². The van der Waals surface area contributed by atoms with Crippen molar-refractivity contribution in [3.05, 3.63) is 35.9 Å². The molecule has 0 aromatic heterocycles. The molecule has 0 saturated heterocycles. The van der Waals surface area contributed by atoms with Gasteiger partial charge in [0.2, 0.25) is 0 Å². The average molecular weight is 400 g/mol. The van der Waals surface area contributed by atoms with E-state index in [-0.39, 0.29) is 17.0 Å². The van der Waals surface area contributed by atoms with Crippen molar-refractivity contribution in [2.24, 2.45) is 17.3 Å². The summed E-state index contributed by atoms with van der Waals surface area (Å²) in [5.74, 6) is 1.35. The van der Waals surface area contributed by atoms with Gasteiger partial charge in [-0.15, -0.1) is 0 Å². The van der Waals surface area contributed by atoms with Gasteiger partial charge in [0.25, 0.3) is 0 Å². The number of carbonyl (C=O) groups excluding carboxylic acids is 1. The van der Waals surface area contributed by atoms with E-state index in [9.17, 15) is 4.79 Å². The van der Waals surface area contributed by atoms with Crippen molar-refractivity contribution in [2.45, 2.75) is 71.3 Å². The summed E-state index contributed by atoms with van der Waals surface area (Å²) in [6, 6.07) is 11.1. The van der Waals surface area contributed by atoms with Gasteiger partial charge in [-0.1, -0.05) is 57.5 Å². The minimum atomic E-state index is 0.00921. The highest BCUT2D eigenvalue weighted by molar-refractivity contribution is 5.73. The smallest absolute Gasteiger partial charge is 0.314 e. The molecule has 1 aromatic rings. The van der Waals surface area contributed by atoms with Crippen LogP contribution in [-0.2, 0) is 5.54 Å². The topological polar surface area (TPSA) is 44.4 Å². The summed E-state index contributed by atoms with van der Waals surface area (Å²) in [7, 11) is 2.29. The molecule has 0 unspecified atom stereocenters. The number of hydrogen-bond acceptors (Lipinski definition) is 2. The zero-order chi connectivity index (χ0) is 20.9. The molecule has 0 atom stereocenters. The van der Waals surface area contributed by atoms with Crippen LogP contribution in [0.15, 0.2) is 30.3 Å². The minimum Gasteiger partial charge on any atom is -0.338 e. The largest absolute Gasteiger partial charge is 0.338 e. The second-order valence-corrected chi connectivity index (χ2v) is 10.3. The summed E-state index contributed by atoms with van der Waals surface area (Å²) >= 11 is 0. The molecule has 2 aliphatic carbocycles. The first-order valence-electron chi connectivity index (χ1n) is 11.6. The summed E-state index contributed by atoms with van der Waals surface area (Å²) in [6.45, 7) is 9.65. The Bertz CT molecular complexity index is 645. The predicted molar refractivity (Wildman–Crippen MR) is 121 cm³/mol. The number of rotatable bonds is 8. The van der Waals surface area contributed by atoms with Gasteiger partial charge in [-0.3, -0.25) is 4.90 Å². The average Bonchev–Trinajstić information content (AvgIpc) is 2.66. The molecule has 0 aliphatic heterocycles. The Kier molecular flexibility index (Phi) is 7.26. The first-order valence-corrected chi connectivity index (χ1v) is 11.6. The quantitative estimate of drug-likeness (QED) is 0.635. The maximum Gasteiger partial charge on any atom is 0.314 e. The van der Waals surface area contributed by atoms with Crippen LogP contribution in [0.5, 0.6) is 0 Å². The number of urea groups is 1. The third-order valence-corrected chi connectivity index (χ3v) is 7.42. The Morgan fingerprint density at radius 1 is 1.10 bits per heavy atom. The monoisotopic (exact) mass is 399 g/mol. The third-order valence-electron chi connectivity index (χ3n) is 7.42. The number of nitrogens with zero attached hydrogens (tertiary/aromatic N) is 1. The molecule has 162 valence electrons. The zero-order valence-electron chi connectivity index (χ0n) is 19.0. The Balaban J connectivity index is 1.59. The van der Waals surface area contributed by atoms with Gasteiger partial charge in [0.1, 0.15) is 0 Å². The molecule has 0 heterocycles. The lowest BCUT2D eigenvalue weighted by molar-refractivity contribution is 0.0198. The number of carbonyl (C=O) groups is 1. The molecule has 2 fully saturated rings. The number of amides is 2. The summed E-state index contributed by atoms with van der Waals surface area (Å²) in [5, 5.41) is 6.23. The molecule has 3 rings (SSSR count). The van der Waals surface area contributed by atoms with Gasteiger partial charge in [0, 0.05) is 25.2 Å². The second kappa shape index (κ2) is 9.51. The third kappa shape index (κ3) is 5.53. The molecule has 0 radical (unpaired) electrons. The fourth-order valence-electron chi connectivity index (χ4n) is 5.10. The highest BCUT2D eigenvalue weighted by Gasteiger charge is 2.44. The summed E-state index contributed by atoms with van der Waals surface area (Å²) in [4.78, 5) is 14.8. The standard InChI is InChI=1S/C25H41N3O/c1-20(2)18-28(4)25(22-11-6-5-7-12-22)15-13-24(3,14-16-25)19-27-23(29)26-17-21-9-8-10-21/h5-7,11-12,20-21H,8-10,13-19H2,1-4H3,(H2,26,27,29)/t24-,25-. The lowest BCUT2D eigenvalue weighted by Crippen LogP contribution is -2.51. The van der Waals surface area contributed by atoms with Crippen molar-refractivity contribution in [1.82, 2.24) is 15.5 Å². The van der Waals surface area contributed by atoms with Gasteiger partial charge in [0.15, 0.2) is 0 Å². The van der Waals surface area contributed by atoms with Gasteiger partial charge in [0.05, 0.1) is 0 Å². The first kappa shape index (κ1) is 22.1. The van der Waals surface area contributed by atoms with E-state index in [1.165, 1.54) is 24.8 Å². The van der Waals surface area contributed by atoms with Gasteiger partial charge in [-0.25, -0.2) is 4.79 Å². The van der Waals surface area contributed by atoms with Crippen LogP contribution in [0.1, 0.15) is 71.3 Å². The molecule has 0 spiro atoms. The van der Waals surface area contributed by atoms with E-state index in [0.29, 0.717) is 11.8 Å². The maximum atomic E-state index is 12.2. The van der Waals surface area contributed by atoms with Crippen molar-refractivity contribution in [3.63, 3.8) is 0 Å². The zero-order valence-corrected chi connectivity index (χ0v) is 19.0. The molecular weight excluding hydrogens is 358 g/mol. The number of nitrogens with one attached hydrogen (secondary N) is 2. The van der Waals surface area contributed by atoms with Crippen molar-refractivity contribution < 1.29 is 4.79 Å². The Morgan fingerprint density at radius 2 is 1.76 bits per heavy atom. The van der Waals surface area contributed by atoms with E-state index in [1.54, 1.807) is 0 Å². The molecule has 2 N–H and O–H groups in total. The highest BCUT2D eigenvalue weighted by atomic mass is 16.2. The predicted octanol–water partition coefficient (Wildman–Crippen LogP) is 5.15. The van der Waals surface area contributed by atoms with E-state index in [1.807, 2.05) is 0 Å². The Labute approximate surface area is 177 Å². The molecule has 4 heteroatoms. The molecule has 29 heavy (non-hydrogen) atoms. The van der Waals surface area contributed by atoms with Crippen LogP contribution in [-0.4, -0.2) is 37.6 Å². The van der Waals surface area contributed by atoms with E-state index in [2.05, 4.69) is 73.7 Å². The van der Waals surface area contributed by atoms with Crippen LogP contribution in [0, 0.1) is 17.3 Å². The van der Waals surface area contributed by atoms with E-state index in [4.69, 9.17) is 0 Å². The van der Waals surface area contributed by atoms with Crippen molar-refractivity contribution in [1.29, 1.82) is 0 Å². The van der Waals surface area contributed by atoms with Crippen molar-refractivity contribution in [3.8, 4) is 0 Å². The summed E-state index contributed by atoms with van der Waals surface area (Å²) < 4.78 is 0. The van der Waals surface area contributed by atoms with Gasteiger partial charge < -0.3 is 10.6 Å². The van der Waals surface area contributed by atoms with Gasteiger partial charge in [-0.2, -0.15) is 0 Å². The second-order valence-electron chi connectivity index (χ2n) is 10.3. The molecule has 0 bridgehead atoms. The van der Waals surface area contributed by atoms with Crippen molar-refractivity contribution in [2.75, 3.05) is 26.7 Å².